The summed E-state index contributed by atoms with van der Waals surface area (Å²) in [6, 6.07) is 33.7. The van der Waals surface area contributed by atoms with Gasteiger partial charge in [-0.15, -0.1) is 0 Å². The van der Waals surface area contributed by atoms with E-state index in [9.17, 15) is 0 Å². The van der Waals surface area contributed by atoms with Crippen LogP contribution < -0.4 is 10.1 Å². The number of ether oxygens (including phenoxy) is 1. The van der Waals surface area contributed by atoms with Crippen LogP contribution in [-0.2, 0) is 12.8 Å². The van der Waals surface area contributed by atoms with Crippen LogP contribution in [0.15, 0.2) is 97.1 Å². The maximum Gasteiger partial charge on any atom is 0.121 e. The van der Waals surface area contributed by atoms with Crippen molar-refractivity contribution in [2.24, 2.45) is 0 Å². The zero-order valence-corrected chi connectivity index (χ0v) is 16.0. The molecule has 0 amide bonds. The van der Waals surface area contributed by atoms with Gasteiger partial charge in [0.1, 0.15) is 5.75 Å². The molecular weight excluding hydrogens is 342 g/mol. The van der Waals surface area contributed by atoms with E-state index in [-0.39, 0.29) is 0 Å². The summed E-state index contributed by atoms with van der Waals surface area (Å²) in [4.78, 5) is 0. The van der Waals surface area contributed by atoms with E-state index < -0.39 is 0 Å². The Bertz CT molecular complexity index is 1020. The van der Waals surface area contributed by atoms with Crippen LogP contribution in [0, 0.1) is 0 Å². The van der Waals surface area contributed by atoms with Crippen molar-refractivity contribution in [1.29, 1.82) is 0 Å². The Labute approximate surface area is 166 Å². The van der Waals surface area contributed by atoms with Crippen LogP contribution in [0.3, 0.4) is 0 Å². The number of nitrogens with one attached hydrogen (secondary N) is 1. The number of hydrogen-bond acceptors (Lipinski definition) is 2. The van der Waals surface area contributed by atoms with Crippen LogP contribution in [-0.4, -0.2) is 13.2 Å². The van der Waals surface area contributed by atoms with E-state index in [2.05, 4.69) is 84.2 Å². The van der Waals surface area contributed by atoms with Crippen molar-refractivity contribution >= 4 is 16.5 Å². The topological polar surface area (TPSA) is 21.3 Å². The second kappa shape index (κ2) is 9.09. The van der Waals surface area contributed by atoms with Crippen LogP contribution in [0.25, 0.3) is 10.8 Å². The highest BCUT2D eigenvalue weighted by Gasteiger charge is 2.01. The molecule has 0 saturated heterocycles. The highest BCUT2D eigenvalue weighted by Crippen LogP contribution is 2.20. The lowest BCUT2D eigenvalue weighted by Gasteiger charge is -2.11. The Morgan fingerprint density at radius 1 is 0.679 bits per heavy atom. The second-order valence-electron chi connectivity index (χ2n) is 6.93. The molecule has 0 heterocycles. The number of rotatable bonds is 8. The quantitative estimate of drug-likeness (QED) is 0.405. The zero-order valence-electron chi connectivity index (χ0n) is 16.0. The number of fused-ring (bicyclic) bond motifs is 1. The van der Waals surface area contributed by atoms with Crippen molar-refractivity contribution in [3.05, 3.63) is 108 Å². The molecule has 2 heteroatoms. The van der Waals surface area contributed by atoms with Gasteiger partial charge in [-0.3, -0.25) is 0 Å². The molecule has 0 atom stereocenters. The first kappa shape index (κ1) is 18.1. The van der Waals surface area contributed by atoms with Gasteiger partial charge in [0, 0.05) is 24.7 Å². The summed E-state index contributed by atoms with van der Waals surface area (Å²) in [5, 5.41) is 6.16. The first-order valence-electron chi connectivity index (χ1n) is 9.86. The Hall–Kier alpha value is -3.26. The van der Waals surface area contributed by atoms with E-state index >= 15 is 0 Å². The van der Waals surface area contributed by atoms with Crippen molar-refractivity contribution < 1.29 is 4.74 Å². The summed E-state index contributed by atoms with van der Waals surface area (Å²) in [5.41, 5.74) is 3.77. The summed E-state index contributed by atoms with van der Waals surface area (Å²) < 4.78 is 5.93. The molecule has 1 N–H and O–H groups in total. The monoisotopic (exact) mass is 367 g/mol. The van der Waals surface area contributed by atoms with E-state index in [4.69, 9.17) is 4.74 Å². The molecule has 0 aliphatic carbocycles. The number of anilines is 1. The third-order valence-corrected chi connectivity index (χ3v) is 4.94. The lowest BCUT2D eigenvalue weighted by Crippen LogP contribution is -2.06. The van der Waals surface area contributed by atoms with E-state index in [1.165, 1.54) is 21.9 Å². The molecule has 0 aliphatic rings. The van der Waals surface area contributed by atoms with Gasteiger partial charge in [-0.25, -0.2) is 0 Å². The summed E-state index contributed by atoms with van der Waals surface area (Å²) in [6.45, 7) is 1.57. The lowest BCUT2D eigenvalue weighted by molar-refractivity contribution is 0.322. The minimum absolute atomic E-state index is 0.684. The molecule has 0 bridgehead atoms. The van der Waals surface area contributed by atoms with Crippen molar-refractivity contribution in [2.75, 3.05) is 18.5 Å². The Kier molecular flexibility index (Phi) is 5.89. The van der Waals surface area contributed by atoms with E-state index in [1.54, 1.807) is 0 Å². The minimum atomic E-state index is 0.684. The average molecular weight is 367 g/mol. The number of hydrogen-bond donors (Lipinski definition) is 1. The minimum Gasteiger partial charge on any atom is -0.493 e. The number of benzene rings is 4. The predicted molar refractivity (Wildman–Crippen MR) is 118 cm³/mol. The first-order valence-corrected chi connectivity index (χ1v) is 9.86. The van der Waals surface area contributed by atoms with Gasteiger partial charge in [-0.2, -0.15) is 0 Å². The first-order chi connectivity index (χ1) is 13.9. The van der Waals surface area contributed by atoms with Crippen molar-refractivity contribution in [3.8, 4) is 5.75 Å². The largest absolute Gasteiger partial charge is 0.493 e. The van der Waals surface area contributed by atoms with E-state index in [1.807, 2.05) is 18.2 Å². The SMILES string of the molecule is c1ccc(CCOc2cccc(NCCc3cccc4ccccc34)c2)cc1. The van der Waals surface area contributed by atoms with Crippen molar-refractivity contribution in [3.63, 3.8) is 0 Å². The van der Waals surface area contributed by atoms with Gasteiger partial charge in [0.15, 0.2) is 0 Å². The van der Waals surface area contributed by atoms with Crippen LogP contribution >= 0.6 is 0 Å². The molecule has 28 heavy (non-hydrogen) atoms. The highest BCUT2D eigenvalue weighted by atomic mass is 16.5. The smallest absolute Gasteiger partial charge is 0.121 e. The average Bonchev–Trinajstić information content (AvgIpc) is 2.75. The van der Waals surface area contributed by atoms with Gasteiger partial charge in [0.2, 0.25) is 0 Å². The molecule has 0 radical (unpaired) electrons. The van der Waals surface area contributed by atoms with E-state index in [0.717, 1.165) is 30.8 Å². The van der Waals surface area contributed by atoms with Crippen LogP contribution in [0.4, 0.5) is 5.69 Å². The fourth-order valence-corrected chi connectivity index (χ4v) is 3.48. The maximum absolute atomic E-state index is 5.93. The third-order valence-electron chi connectivity index (χ3n) is 4.94. The molecule has 140 valence electrons. The van der Waals surface area contributed by atoms with Gasteiger partial charge in [-0.1, -0.05) is 78.9 Å². The molecular formula is C26H25NO. The van der Waals surface area contributed by atoms with Crippen LogP contribution in [0.2, 0.25) is 0 Å². The molecule has 0 aliphatic heterocycles. The Morgan fingerprint density at radius 3 is 2.39 bits per heavy atom. The van der Waals surface area contributed by atoms with Gasteiger partial charge >= 0.3 is 0 Å². The maximum atomic E-state index is 5.93. The molecule has 0 fully saturated rings. The van der Waals surface area contributed by atoms with Gasteiger partial charge < -0.3 is 10.1 Å². The summed E-state index contributed by atoms with van der Waals surface area (Å²) in [6.07, 6.45) is 1.90. The molecule has 4 aromatic rings. The molecule has 0 saturated carbocycles. The molecule has 0 aromatic heterocycles. The molecule has 4 aromatic carbocycles. The van der Waals surface area contributed by atoms with Crippen LogP contribution in [0.1, 0.15) is 11.1 Å². The molecule has 4 rings (SSSR count). The zero-order chi connectivity index (χ0) is 19.0. The summed E-state index contributed by atoms with van der Waals surface area (Å²) in [7, 11) is 0. The molecule has 2 nitrogen and oxygen atoms in total. The van der Waals surface area contributed by atoms with Gasteiger partial charge in [0.05, 0.1) is 6.61 Å². The fourth-order valence-electron chi connectivity index (χ4n) is 3.48. The van der Waals surface area contributed by atoms with Crippen molar-refractivity contribution in [1.82, 2.24) is 0 Å². The lowest BCUT2D eigenvalue weighted by atomic mass is 10.0. The summed E-state index contributed by atoms with van der Waals surface area (Å²) in [5.74, 6) is 0.908. The molecule has 0 spiro atoms. The van der Waals surface area contributed by atoms with Crippen molar-refractivity contribution in [2.45, 2.75) is 12.8 Å². The normalized spacial score (nSPS) is 10.7. The fraction of sp³-hybridized carbons (Fsp3) is 0.154. The van der Waals surface area contributed by atoms with Crippen LogP contribution in [0.5, 0.6) is 5.75 Å². The highest BCUT2D eigenvalue weighted by molar-refractivity contribution is 5.85. The standard InChI is InChI=1S/C26H25NO/c1-2-8-21(9-3-1)17-19-28-25-14-7-13-24(20-25)27-18-16-23-12-6-11-22-10-4-5-15-26(22)23/h1-15,20,27H,16-19H2. The summed E-state index contributed by atoms with van der Waals surface area (Å²) >= 11 is 0. The van der Waals surface area contributed by atoms with E-state index in [0.29, 0.717) is 6.61 Å². The van der Waals surface area contributed by atoms with Gasteiger partial charge in [-0.05, 0) is 40.5 Å². The molecule has 0 unspecified atom stereocenters. The third kappa shape index (κ3) is 4.72. The Balaban J connectivity index is 1.31. The van der Waals surface area contributed by atoms with Gasteiger partial charge in [0.25, 0.3) is 0 Å². The Morgan fingerprint density at radius 2 is 1.46 bits per heavy atom. The second-order valence-corrected chi connectivity index (χ2v) is 6.93. The predicted octanol–water partition coefficient (Wildman–Crippen LogP) is 6.12.